The van der Waals surface area contributed by atoms with E-state index < -0.39 is 16.6 Å². The molecule has 2 saturated heterocycles. The van der Waals surface area contributed by atoms with Crippen molar-refractivity contribution >= 4 is 40.0 Å². The molecule has 0 aromatic rings. The van der Waals surface area contributed by atoms with Gasteiger partial charge in [-0.1, -0.05) is 19.6 Å². The topological polar surface area (TPSA) is 46.6 Å². The SMILES string of the molecule is C[C@@H](O[Si](C)(C)C)[C@H]1C(=O)N([Si](C)(C)C)[C@@H]1[C@H]1SCCCC1=O. The molecule has 0 aromatic heterocycles. The molecule has 0 aliphatic carbocycles. The second-order valence-corrected chi connectivity index (χ2v) is 19.2. The van der Waals surface area contributed by atoms with Crippen LogP contribution in [0.2, 0.25) is 39.3 Å². The van der Waals surface area contributed by atoms with Gasteiger partial charge in [-0.05, 0) is 38.7 Å². The number of hydrogen-bond acceptors (Lipinski definition) is 4. The van der Waals surface area contributed by atoms with Gasteiger partial charge in [0.05, 0.1) is 23.3 Å². The highest BCUT2D eigenvalue weighted by Crippen LogP contribution is 2.43. The Morgan fingerprint density at radius 2 is 1.78 bits per heavy atom. The van der Waals surface area contributed by atoms with Crippen molar-refractivity contribution in [3.05, 3.63) is 0 Å². The maximum atomic E-state index is 12.9. The molecule has 0 saturated carbocycles. The zero-order valence-electron chi connectivity index (χ0n) is 15.5. The van der Waals surface area contributed by atoms with Gasteiger partial charge in [0.2, 0.25) is 5.91 Å². The summed E-state index contributed by atoms with van der Waals surface area (Å²) < 4.78 is 8.29. The van der Waals surface area contributed by atoms with Crippen molar-refractivity contribution in [3.8, 4) is 0 Å². The number of ketones is 1. The Labute approximate surface area is 146 Å². The van der Waals surface area contributed by atoms with E-state index in [-0.39, 0.29) is 29.2 Å². The Balaban J connectivity index is 2.26. The van der Waals surface area contributed by atoms with Crippen LogP contribution in [0.15, 0.2) is 0 Å². The second-order valence-electron chi connectivity index (χ2n) is 8.69. The van der Waals surface area contributed by atoms with Gasteiger partial charge in [0.25, 0.3) is 0 Å². The van der Waals surface area contributed by atoms with Crippen LogP contribution in [-0.2, 0) is 14.0 Å². The van der Waals surface area contributed by atoms with E-state index in [9.17, 15) is 9.59 Å². The summed E-state index contributed by atoms with van der Waals surface area (Å²) in [6.07, 6.45) is 1.54. The molecule has 2 aliphatic rings. The van der Waals surface area contributed by atoms with Crippen LogP contribution in [0.1, 0.15) is 19.8 Å². The lowest BCUT2D eigenvalue weighted by molar-refractivity contribution is -0.154. The lowest BCUT2D eigenvalue weighted by Crippen LogP contribution is -2.75. The van der Waals surface area contributed by atoms with Crippen molar-refractivity contribution in [2.75, 3.05) is 5.75 Å². The Morgan fingerprint density at radius 1 is 1.17 bits per heavy atom. The van der Waals surface area contributed by atoms with Gasteiger partial charge in [-0.15, -0.1) is 11.8 Å². The zero-order valence-corrected chi connectivity index (χ0v) is 18.3. The van der Waals surface area contributed by atoms with Crippen LogP contribution >= 0.6 is 11.8 Å². The van der Waals surface area contributed by atoms with Gasteiger partial charge < -0.3 is 8.99 Å². The molecule has 132 valence electrons. The van der Waals surface area contributed by atoms with Crippen molar-refractivity contribution < 1.29 is 14.0 Å². The molecule has 0 bridgehead atoms. The molecular formula is C16H31NO3SSi2. The van der Waals surface area contributed by atoms with Gasteiger partial charge in [-0.25, -0.2) is 0 Å². The summed E-state index contributed by atoms with van der Waals surface area (Å²) in [5, 5.41) is -0.0501. The third-order valence-electron chi connectivity index (χ3n) is 4.45. The average Bonchev–Trinajstić information content (AvgIpc) is 2.32. The van der Waals surface area contributed by atoms with Crippen LogP contribution < -0.4 is 0 Å². The quantitative estimate of drug-likeness (QED) is 0.548. The van der Waals surface area contributed by atoms with E-state index in [4.69, 9.17) is 4.43 Å². The van der Waals surface area contributed by atoms with Crippen LogP contribution in [0.25, 0.3) is 0 Å². The second kappa shape index (κ2) is 6.65. The molecule has 0 spiro atoms. The van der Waals surface area contributed by atoms with E-state index in [1.54, 1.807) is 11.8 Å². The molecule has 2 rings (SSSR count). The summed E-state index contributed by atoms with van der Waals surface area (Å²) in [4.78, 5) is 25.4. The van der Waals surface area contributed by atoms with Crippen LogP contribution in [0.3, 0.4) is 0 Å². The van der Waals surface area contributed by atoms with E-state index >= 15 is 0 Å². The number of rotatable bonds is 5. The fraction of sp³-hybridized carbons (Fsp3) is 0.875. The Hall–Kier alpha value is -0.116. The number of thioether (sulfide) groups is 1. The van der Waals surface area contributed by atoms with Crippen LogP contribution in [0.5, 0.6) is 0 Å². The van der Waals surface area contributed by atoms with Crippen LogP contribution in [0.4, 0.5) is 0 Å². The third kappa shape index (κ3) is 4.11. The summed E-state index contributed by atoms with van der Waals surface area (Å²) in [7, 11) is -3.50. The molecule has 0 unspecified atom stereocenters. The fourth-order valence-corrected chi connectivity index (χ4v) is 8.47. The molecule has 7 heteroatoms. The first-order valence-corrected chi connectivity index (χ1v) is 16.5. The highest BCUT2D eigenvalue weighted by molar-refractivity contribution is 8.00. The minimum absolute atomic E-state index is 0.0401. The normalized spacial score (nSPS) is 31.1. The van der Waals surface area contributed by atoms with Crippen molar-refractivity contribution in [3.63, 3.8) is 0 Å². The summed E-state index contributed by atoms with van der Waals surface area (Å²) in [6, 6.07) is 0.0401. The first-order valence-electron chi connectivity index (χ1n) is 8.59. The smallest absolute Gasteiger partial charge is 0.222 e. The molecule has 0 aromatic carbocycles. The molecule has 2 heterocycles. The summed E-state index contributed by atoms with van der Waals surface area (Å²) in [6.45, 7) is 15.0. The maximum absolute atomic E-state index is 12.9. The number of amides is 1. The number of hydrogen-bond donors (Lipinski definition) is 0. The van der Waals surface area contributed by atoms with Gasteiger partial charge in [0.15, 0.2) is 16.6 Å². The maximum Gasteiger partial charge on any atom is 0.222 e. The Kier molecular flexibility index (Phi) is 5.55. The predicted octanol–water partition coefficient (Wildman–Crippen LogP) is 3.35. The van der Waals surface area contributed by atoms with Crippen LogP contribution in [0, 0.1) is 5.92 Å². The molecule has 23 heavy (non-hydrogen) atoms. The van der Waals surface area contributed by atoms with Gasteiger partial charge in [0, 0.05) is 6.42 Å². The summed E-state index contributed by atoms with van der Waals surface area (Å²) in [5.41, 5.74) is 0. The highest BCUT2D eigenvalue weighted by atomic mass is 32.2. The van der Waals surface area contributed by atoms with Gasteiger partial charge in [0.1, 0.15) is 5.78 Å². The van der Waals surface area contributed by atoms with E-state index in [2.05, 4.69) is 43.8 Å². The minimum Gasteiger partial charge on any atom is -0.414 e. The van der Waals surface area contributed by atoms with Gasteiger partial charge >= 0.3 is 0 Å². The van der Waals surface area contributed by atoms with E-state index in [1.807, 2.05) is 6.92 Å². The number of Topliss-reactive ketones (excluding diaryl/α,β-unsaturated/α-hetero) is 1. The van der Waals surface area contributed by atoms with E-state index in [0.29, 0.717) is 12.2 Å². The minimum atomic E-state index is -1.79. The average molecular weight is 374 g/mol. The van der Waals surface area contributed by atoms with Gasteiger partial charge in [-0.3, -0.25) is 9.59 Å². The predicted molar refractivity (Wildman–Crippen MR) is 102 cm³/mol. The van der Waals surface area contributed by atoms with Crippen molar-refractivity contribution in [2.45, 2.75) is 76.4 Å². The zero-order chi connectivity index (χ0) is 17.6. The summed E-state index contributed by atoms with van der Waals surface area (Å²) in [5.74, 6) is 1.41. The van der Waals surface area contributed by atoms with Crippen LogP contribution in [-0.4, -0.2) is 56.0 Å². The van der Waals surface area contributed by atoms with Crippen molar-refractivity contribution in [2.24, 2.45) is 5.92 Å². The standard InChI is InChI=1S/C16H31NO3SSi2/c1-11(20-23(5,6)7)13-14(15-12(18)9-8-10-21-15)17(16(13)19)22(2,3)4/h11,13-15H,8-10H2,1-7H3/t11-,13-,14+,15+/m1/s1. The largest absolute Gasteiger partial charge is 0.414 e. The molecule has 0 radical (unpaired) electrons. The van der Waals surface area contributed by atoms with Crippen molar-refractivity contribution in [1.82, 2.24) is 4.57 Å². The van der Waals surface area contributed by atoms with Gasteiger partial charge in [-0.2, -0.15) is 0 Å². The van der Waals surface area contributed by atoms with E-state index in [0.717, 1.165) is 12.2 Å². The molecule has 1 amide bonds. The number of carbonyl (C=O) groups is 2. The lowest BCUT2D eigenvalue weighted by atomic mass is 9.82. The Bertz CT molecular complexity index is 487. The molecular weight excluding hydrogens is 342 g/mol. The lowest BCUT2D eigenvalue weighted by Gasteiger charge is -2.58. The molecule has 4 atom stereocenters. The molecule has 4 nitrogen and oxygen atoms in total. The van der Waals surface area contributed by atoms with E-state index in [1.165, 1.54) is 0 Å². The monoisotopic (exact) mass is 373 g/mol. The molecule has 2 aliphatic heterocycles. The first-order chi connectivity index (χ1) is 10.4. The summed E-state index contributed by atoms with van der Waals surface area (Å²) >= 11 is 1.75. The first kappa shape index (κ1) is 19.2. The third-order valence-corrected chi connectivity index (χ3v) is 8.92. The Morgan fingerprint density at radius 3 is 2.26 bits per heavy atom. The highest BCUT2D eigenvalue weighted by Gasteiger charge is 2.58. The fourth-order valence-electron chi connectivity index (χ4n) is 3.72. The van der Waals surface area contributed by atoms with Crippen molar-refractivity contribution in [1.29, 1.82) is 0 Å². The molecule has 2 fully saturated rings. The number of carbonyl (C=O) groups excluding carboxylic acids is 2. The number of nitrogens with zero attached hydrogens (tertiary/aromatic N) is 1. The molecule has 0 N–H and O–H groups in total. The number of β-lactam (4-membered cyclic amide) rings is 1.